The Kier molecular flexibility index (Phi) is 5.14. The Morgan fingerprint density at radius 2 is 2.17 bits per heavy atom. The maximum Gasteiger partial charge on any atom is 0.294 e. The number of sulfonamides is 1. The molecule has 5 nitrogen and oxygen atoms in total. The topological polar surface area (TPSA) is 60.7 Å². The third kappa shape index (κ3) is 3.59. The molecule has 3 rings (SSSR count). The zero-order chi connectivity index (χ0) is 17.2. The second kappa shape index (κ2) is 7.14. The predicted molar refractivity (Wildman–Crippen MR) is 93.3 cm³/mol. The van der Waals surface area contributed by atoms with Crippen molar-refractivity contribution >= 4 is 42.9 Å². The molecule has 0 atom stereocenters. The van der Waals surface area contributed by atoms with Gasteiger partial charge < -0.3 is 9.30 Å². The van der Waals surface area contributed by atoms with Crippen LogP contribution in [0.4, 0.5) is 4.39 Å². The van der Waals surface area contributed by atoms with Crippen molar-refractivity contribution in [3.63, 3.8) is 0 Å². The molecule has 128 valence electrons. The van der Waals surface area contributed by atoms with Gasteiger partial charge >= 0.3 is 0 Å². The number of thiophene rings is 1. The average Bonchev–Trinajstić information content (AvgIpc) is 3.16. The molecule has 2 aromatic heterocycles. The van der Waals surface area contributed by atoms with Gasteiger partial charge in [-0.2, -0.15) is 8.42 Å². The lowest BCUT2D eigenvalue weighted by Gasteiger charge is -2.05. The van der Waals surface area contributed by atoms with Gasteiger partial charge in [-0.3, -0.25) is 0 Å². The Morgan fingerprint density at radius 1 is 1.33 bits per heavy atom. The summed E-state index contributed by atoms with van der Waals surface area (Å²) in [6, 6.07) is 7.54. The number of aromatic nitrogens is 1. The molecule has 0 aliphatic carbocycles. The lowest BCUT2D eigenvalue weighted by Crippen LogP contribution is -2.19. The van der Waals surface area contributed by atoms with Crippen molar-refractivity contribution in [3.05, 3.63) is 46.3 Å². The van der Waals surface area contributed by atoms with Gasteiger partial charge in [-0.05, 0) is 36.6 Å². The van der Waals surface area contributed by atoms with E-state index >= 15 is 0 Å². The van der Waals surface area contributed by atoms with E-state index in [2.05, 4.69) is 4.40 Å². The van der Waals surface area contributed by atoms with Crippen molar-refractivity contribution in [2.45, 2.75) is 17.7 Å². The molecule has 0 unspecified atom stereocenters. The molecule has 0 saturated carbocycles. The molecule has 0 saturated heterocycles. The summed E-state index contributed by atoms with van der Waals surface area (Å²) in [6.45, 7) is 3.32. The highest BCUT2D eigenvalue weighted by atomic mass is 32.2. The second-order valence-corrected chi connectivity index (χ2v) is 8.63. The first-order chi connectivity index (χ1) is 11.5. The van der Waals surface area contributed by atoms with E-state index in [-0.39, 0.29) is 10.0 Å². The van der Waals surface area contributed by atoms with Crippen LogP contribution in [0.2, 0.25) is 0 Å². The summed E-state index contributed by atoms with van der Waals surface area (Å²) in [6.07, 6.45) is 0. The Labute approximate surface area is 146 Å². The number of hydrogen-bond donors (Lipinski definition) is 0. The van der Waals surface area contributed by atoms with Gasteiger partial charge in [-0.1, -0.05) is 17.4 Å². The third-order valence-corrected chi connectivity index (χ3v) is 7.05. The number of fused-ring (bicyclic) bond motifs is 1. The molecule has 0 aliphatic heterocycles. The van der Waals surface area contributed by atoms with E-state index in [4.69, 9.17) is 4.74 Å². The summed E-state index contributed by atoms with van der Waals surface area (Å²) in [5, 5.41) is 1.69. The van der Waals surface area contributed by atoms with Crippen molar-refractivity contribution in [1.82, 2.24) is 4.57 Å². The zero-order valence-electron chi connectivity index (χ0n) is 12.8. The number of nitrogens with zero attached hydrogens (tertiary/aromatic N) is 2. The van der Waals surface area contributed by atoms with Gasteiger partial charge in [0.2, 0.25) is 4.80 Å². The molecule has 2 heterocycles. The summed E-state index contributed by atoms with van der Waals surface area (Å²) >= 11 is 2.26. The smallest absolute Gasteiger partial charge is 0.294 e. The number of thiazole rings is 1. The van der Waals surface area contributed by atoms with E-state index in [0.29, 0.717) is 29.3 Å². The van der Waals surface area contributed by atoms with Crippen LogP contribution in [0.5, 0.6) is 0 Å². The van der Waals surface area contributed by atoms with Gasteiger partial charge in [0, 0.05) is 13.2 Å². The monoisotopic (exact) mass is 386 g/mol. The normalized spacial score (nSPS) is 13.0. The Bertz CT molecular complexity index is 1000. The van der Waals surface area contributed by atoms with E-state index in [1.165, 1.54) is 18.2 Å². The molecule has 0 N–H and O–H groups in total. The first kappa shape index (κ1) is 17.3. The van der Waals surface area contributed by atoms with Crippen LogP contribution in [-0.4, -0.2) is 26.2 Å². The van der Waals surface area contributed by atoms with Crippen molar-refractivity contribution in [2.24, 2.45) is 4.40 Å². The van der Waals surface area contributed by atoms with Gasteiger partial charge in [0.25, 0.3) is 10.0 Å². The van der Waals surface area contributed by atoms with Gasteiger partial charge in [0.1, 0.15) is 10.0 Å². The van der Waals surface area contributed by atoms with Crippen LogP contribution < -0.4 is 4.80 Å². The number of hydrogen-bond acceptors (Lipinski definition) is 5. The average molecular weight is 386 g/mol. The number of ether oxygens (including phenoxy) is 1. The summed E-state index contributed by atoms with van der Waals surface area (Å²) < 4.78 is 50.2. The van der Waals surface area contributed by atoms with Crippen LogP contribution in [0.25, 0.3) is 10.2 Å². The van der Waals surface area contributed by atoms with E-state index in [1.807, 2.05) is 6.92 Å². The zero-order valence-corrected chi connectivity index (χ0v) is 15.3. The van der Waals surface area contributed by atoms with E-state index in [9.17, 15) is 12.8 Å². The molecule has 0 fully saturated rings. The summed E-state index contributed by atoms with van der Waals surface area (Å²) in [5.74, 6) is -0.367. The minimum atomic E-state index is -3.78. The molecule has 1 aromatic carbocycles. The highest BCUT2D eigenvalue weighted by Gasteiger charge is 2.16. The van der Waals surface area contributed by atoms with E-state index in [1.54, 1.807) is 22.1 Å². The third-order valence-electron chi connectivity index (χ3n) is 3.26. The molecule has 0 amide bonds. The van der Waals surface area contributed by atoms with Crippen LogP contribution in [0.1, 0.15) is 6.92 Å². The number of rotatable bonds is 6. The fraction of sp³-hybridized carbons (Fsp3) is 0.267. The molecule has 0 radical (unpaired) electrons. The van der Waals surface area contributed by atoms with Crippen molar-refractivity contribution < 1.29 is 17.5 Å². The molecule has 0 bridgehead atoms. The van der Waals surface area contributed by atoms with Gasteiger partial charge in [0.05, 0.1) is 16.8 Å². The van der Waals surface area contributed by atoms with Crippen LogP contribution >= 0.6 is 22.7 Å². The van der Waals surface area contributed by atoms with Crippen LogP contribution in [0, 0.1) is 5.82 Å². The van der Waals surface area contributed by atoms with Gasteiger partial charge in [0.15, 0.2) is 0 Å². The van der Waals surface area contributed by atoms with Crippen molar-refractivity contribution in [2.75, 3.05) is 13.2 Å². The van der Waals surface area contributed by atoms with Gasteiger partial charge in [-0.15, -0.1) is 15.7 Å². The fourth-order valence-corrected chi connectivity index (χ4v) is 5.44. The molecular weight excluding hydrogens is 371 g/mol. The SMILES string of the molecule is CCOCCn1c(=NS(=O)(=O)c2cccs2)sc2cc(F)ccc21. The second-order valence-electron chi connectivity index (χ2n) is 4.84. The standard InChI is InChI=1S/C15H15FN2O3S3/c1-2-21-8-7-18-12-6-5-11(16)10-13(12)23-15(18)17-24(19,20)14-4-3-9-22-14/h3-6,9-10H,2,7-8H2,1H3. The quantitative estimate of drug-likeness (QED) is 0.611. The lowest BCUT2D eigenvalue weighted by atomic mass is 10.3. The number of halogens is 1. The van der Waals surface area contributed by atoms with E-state index in [0.717, 1.165) is 28.2 Å². The van der Waals surface area contributed by atoms with Crippen LogP contribution in [0.15, 0.2) is 44.3 Å². The Morgan fingerprint density at radius 3 is 2.88 bits per heavy atom. The first-order valence-corrected chi connectivity index (χ1v) is 10.4. The summed E-state index contributed by atoms with van der Waals surface area (Å²) in [4.78, 5) is 0.309. The largest absolute Gasteiger partial charge is 0.380 e. The maximum atomic E-state index is 13.5. The van der Waals surface area contributed by atoms with Crippen LogP contribution in [-0.2, 0) is 21.3 Å². The first-order valence-electron chi connectivity index (χ1n) is 7.22. The van der Waals surface area contributed by atoms with E-state index < -0.39 is 10.0 Å². The van der Waals surface area contributed by atoms with Gasteiger partial charge in [-0.25, -0.2) is 4.39 Å². The molecule has 9 heteroatoms. The lowest BCUT2D eigenvalue weighted by molar-refractivity contribution is 0.139. The molecular formula is C15H15FN2O3S3. The van der Waals surface area contributed by atoms with Crippen molar-refractivity contribution in [3.8, 4) is 0 Å². The minimum Gasteiger partial charge on any atom is -0.380 e. The molecule has 24 heavy (non-hydrogen) atoms. The fourth-order valence-electron chi connectivity index (χ4n) is 2.19. The summed E-state index contributed by atoms with van der Waals surface area (Å²) in [5.41, 5.74) is 0.737. The maximum absolute atomic E-state index is 13.5. The molecule has 0 spiro atoms. The van der Waals surface area contributed by atoms with Crippen molar-refractivity contribution in [1.29, 1.82) is 0 Å². The highest BCUT2D eigenvalue weighted by Crippen LogP contribution is 2.21. The highest BCUT2D eigenvalue weighted by molar-refractivity contribution is 7.92. The predicted octanol–water partition coefficient (Wildman–Crippen LogP) is 3.23. The van der Waals surface area contributed by atoms with Crippen LogP contribution in [0.3, 0.4) is 0 Å². The number of benzene rings is 1. The Balaban J connectivity index is 2.15. The molecule has 3 aromatic rings. The molecule has 0 aliphatic rings. The minimum absolute atomic E-state index is 0.183. The summed E-state index contributed by atoms with van der Waals surface area (Å²) in [7, 11) is -3.78. The Hall–Kier alpha value is -1.55.